The summed E-state index contributed by atoms with van der Waals surface area (Å²) in [5.41, 5.74) is 2.45. The van der Waals surface area contributed by atoms with Crippen LogP contribution in [0, 0.1) is 0 Å². The van der Waals surface area contributed by atoms with Crippen molar-refractivity contribution in [2.45, 2.75) is 5.41 Å². The van der Waals surface area contributed by atoms with Gasteiger partial charge in [-0.05, 0) is 45.4 Å². The first kappa shape index (κ1) is 17.0. The molecule has 4 rings (SSSR count). The van der Waals surface area contributed by atoms with Crippen LogP contribution in [0.2, 0.25) is 0 Å². The van der Waals surface area contributed by atoms with Gasteiger partial charge in [0.15, 0.2) is 11.6 Å². The molecule has 0 N–H and O–H groups in total. The number of ether oxygens (including phenoxy) is 1. The summed E-state index contributed by atoms with van der Waals surface area (Å²) in [5, 5.41) is 0. The highest BCUT2D eigenvalue weighted by Gasteiger charge is 2.48. The van der Waals surface area contributed by atoms with E-state index in [1.165, 1.54) is 6.08 Å². The van der Waals surface area contributed by atoms with E-state index in [1.54, 1.807) is 13.2 Å². The lowest BCUT2D eigenvalue weighted by atomic mass is 9.63. The Balaban J connectivity index is 2.14. The number of carbonyl (C=O) groups is 2. The van der Waals surface area contributed by atoms with Crippen LogP contribution in [0.1, 0.15) is 21.5 Å². The quantitative estimate of drug-likeness (QED) is 0.622. The molecular weight excluding hydrogens is 439 g/mol. The van der Waals surface area contributed by atoms with E-state index < -0.39 is 5.41 Å². The minimum Gasteiger partial charge on any atom is -0.499 e. The number of benzene rings is 2. The molecule has 2 aliphatic rings. The predicted octanol–water partition coefficient (Wildman–Crippen LogP) is 4.64. The van der Waals surface area contributed by atoms with Gasteiger partial charge in [0, 0.05) is 11.6 Å². The maximum atomic E-state index is 13.1. The molecule has 0 aliphatic heterocycles. The molecule has 2 aliphatic carbocycles. The summed E-state index contributed by atoms with van der Waals surface area (Å²) in [5.74, 6) is 0.397. The van der Waals surface area contributed by atoms with Crippen molar-refractivity contribution in [2.75, 3.05) is 7.11 Å². The van der Waals surface area contributed by atoms with Crippen LogP contribution in [0.3, 0.4) is 0 Å². The van der Waals surface area contributed by atoms with Crippen molar-refractivity contribution in [2.24, 2.45) is 0 Å². The molecule has 0 bridgehead atoms. The Kier molecular flexibility index (Phi) is 4.15. The fourth-order valence-electron chi connectivity index (χ4n) is 3.75. The number of ketones is 2. The second-order valence-electron chi connectivity index (χ2n) is 6.19. The summed E-state index contributed by atoms with van der Waals surface area (Å²) in [7, 11) is 1.56. The van der Waals surface area contributed by atoms with Crippen LogP contribution >= 0.6 is 22.6 Å². The maximum absolute atomic E-state index is 13.1. The number of Topliss-reactive ketones (excluding diaryl/α,β-unsaturated/α-hetero) is 1. The third kappa shape index (κ3) is 2.32. The molecule has 0 saturated carbocycles. The smallest absolute Gasteiger partial charge is 0.199 e. The predicted molar refractivity (Wildman–Crippen MR) is 109 cm³/mol. The van der Waals surface area contributed by atoms with Crippen molar-refractivity contribution in [3.05, 3.63) is 98.9 Å². The lowest BCUT2D eigenvalue weighted by Crippen LogP contribution is -2.37. The largest absolute Gasteiger partial charge is 0.499 e. The highest BCUT2D eigenvalue weighted by molar-refractivity contribution is 14.1. The van der Waals surface area contributed by atoms with E-state index in [0.717, 1.165) is 16.7 Å². The van der Waals surface area contributed by atoms with Crippen LogP contribution in [0.4, 0.5) is 0 Å². The standard InChI is InChI=1S/C22H15IO3/c1-26-18-13-15(24)11-12-22(18)17-10-6-5-9-16(17)21(25)20(23)19(22)14-7-3-2-4-8-14/h2-13H,1H3. The molecule has 128 valence electrons. The van der Waals surface area contributed by atoms with Crippen molar-refractivity contribution in [3.63, 3.8) is 0 Å². The molecule has 0 fully saturated rings. The summed E-state index contributed by atoms with van der Waals surface area (Å²) in [6.45, 7) is 0. The molecule has 3 nitrogen and oxygen atoms in total. The Hall–Kier alpha value is -2.47. The van der Waals surface area contributed by atoms with Crippen molar-refractivity contribution >= 4 is 39.7 Å². The molecule has 0 radical (unpaired) electrons. The van der Waals surface area contributed by atoms with Crippen LogP contribution in [-0.4, -0.2) is 18.7 Å². The molecule has 0 amide bonds. The fraction of sp³-hybridized carbons (Fsp3) is 0.0909. The van der Waals surface area contributed by atoms with Crippen LogP contribution in [-0.2, 0) is 14.9 Å². The minimum atomic E-state index is -0.801. The molecule has 1 atom stereocenters. The topological polar surface area (TPSA) is 43.4 Å². The fourth-order valence-corrected chi connectivity index (χ4v) is 4.78. The normalized spacial score (nSPS) is 21.7. The molecule has 0 aromatic heterocycles. The second kappa shape index (κ2) is 6.36. The first-order chi connectivity index (χ1) is 12.6. The Morgan fingerprint density at radius 3 is 2.38 bits per heavy atom. The molecule has 2 aromatic rings. The average Bonchev–Trinajstić information content (AvgIpc) is 2.68. The molecule has 2 aromatic carbocycles. The molecule has 26 heavy (non-hydrogen) atoms. The molecule has 0 heterocycles. The molecule has 4 heteroatoms. The Morgan fingerprint density at radius 1 is 0.962 bits per heavy atom. The maximum Gasteiger partial charge on any atom is 0.199 e. The monoisotopic (exact) mass is 454 g/mol. The third-order valence-corrected chi connectivity index (χ3v) is 5.88. The highest BCUT2D eigenvalue weighted by atomic mass is 127. The zero-order valence-corrected chi connectivity index (χ0v) is 16.2. The summed E-state index contributed by atoms with van der Waals surface area (Å²) >= 11 is 2.12. The first-order valence-electron chi connectivity index (χ1n) is 8.19. The van der Waals surface area contributed by atoms with E-state index in [0.29, 0.717) is 14.9 Å². The number of hydrogen-bond donors (Lipinski definition) is 0. The van der Waals surface area contributed by atoms with Gasteiger partial charge >= 0.3 is 0 Å². The Bertz CT molecular complexity index is 1010. The number of allylic oxidation sites excluding steroid dienone is 4. The molecule has 1 unspecified atom stereocenters. The van der Waals surface area contributed by atoms with E-state index in [1.807, 2.05) is 60.7 Å². The van der Waals surface area contributed by atoms with Gasteiger partial charge in [-0.3, -0.25) is 9.59 Å². The van der Waals surface area contributed by atoms with Gasteiger partial charge in [0.25, 0.3) is 0 Å². The van der Waals surface area contributed by atoms with Gasteiger partial charge in [-0.15, -0.1) is 0 Å². The van der Waals surface area contributed by atoms with Gasteiger partial charge < -0.3 is 4.74 Å². The molecule has 0 saturated heterocycles. The summed E-state index contributed by atoms with van der Waals surface area (Å²) in [6, 6.07) is 17.3. The van der Waals surface area contributed by atoms with Gasteiger partial charge in [0.05, 0.1) is 16.1 Å². The van der Waals surface area contributed by atoms with Crippen molar-refractivity contribution in [1.29, 1.82) is 0 Å². The Morgan fingerprint density at radius 2 is 1.65 bits per heavy atom. The Labute approximate surface area is 165 Å². The summed E-state index contributed by atoms with van der Waals surface area (Å²) in [6.07, 6.45) is 4.93. The van der Waals surface area contributed by atoms with Crippen LogP contribution in [0.15, 0.2) is 82.2 Å². The lowest BCUT2D eigenvalue weighted by Gasteiger charge is -2.41. The van der Waals surface area contributed by atoms with Crippen LogP contribution in [0.5, 0.6) is 0 Å². The van der Waals surface area contributed by atoms with Gasteiger partial charge in [-0.1, -0.05) is 60.7 Å². The van der Waals surface area contributed by atoms with Crippen LogP contribution in [0.25, 0.3) is 5.57 Å². The number of halogens is 1. The summed E-state index contributed by atoms with van der Waals surface area (Å²) in [4.78, 5) is 25.1. The van der Waals surface area contributed by atoms with E-state index in [-0.39, 0.29) is 11.6 Å². The number of fused-ring (bicyclic) bond motifs is 2. The van der Waals surface area contributed by atoms with Crippen molar-refractivity contribution in [3.8, 4) is 0 Å². The number of methoxy groups -OCH3 is 1. The SMILES string of the molecule is COC1=CC(=O)C=CC12C(c1ccccc1)=C(I)C(=O)c1ccccc12. The molecule has 1 spiro atoms. The van der Waals surface area contributed by atoms with E-state index in [9.17, 15) is 9.59 Å². The van der Waals surface area contributed by atoms with Gasteiger partial charge in [-0.2, -0.15) is 0 Å². The first-order valence-corrected chi connectivity index (χ1v) is 9.26. The van der Waals surface area contributed by atoms with E-state index in [2.05, 4.69) is 22.6 Å². The minimum absolute atomic E-state index is 0.00793. The summed E-state index contributed by atoms with van der Waals surface area (Å²) < 4.78 is 6.32. The van der Waals surface area contributed by atoms with Gasteiger partial charge in [0.2, 0.25) is 0 Å². The lowest BCUT2D eigenvalue weighted by molar-refractivity contribution is -0.110. The zero-order valence-electron chi connectivity index (χ0n) is 14.0. The number of rotatable bonds is 2. The van der Waals surface area contributed by atoms with Crippen LogP contribution < -0.4 is 0 Å². The third-order valence-electron chi connectivity index (χ3n) is 4.85. The molecular formula is C22H15IO3. The number of hydrogen-bond acceptors (Lipinski definition) is 3. The van der Waals surface area contributed by atoms with E-state index in [4.69, 9.17) is 4.74 Å². The van der Waals surface area contributed by atoms with Gasteiger partial charge in [-0.25, -0.2) is 0 Å². The zero-order chi connectivity index (χ0) is 18.3. The van der Waals surface area contributed by atoms with Gasteiger partial charge in [0.1, 0.15) is 5.76 Å². The second-order valence-corrected chi connectivity index (χ2v) is 7.26. The highest BCUT2D eigenvalue weighted by Crippen LogP contribution is 2.53. The van der Waals surface area contributed by atoms with Crippen molar-refractivity contribution in [1.82, 2.24) is 0 Å². The number of carbonyl (C=O) groups excluding carboxylic acids is 2. The van der Waals surface area contributed by atoms with Crippen molar-refractivity contribution < 1.29 is 14.3 Å². The van der Waals surface area contributed by atoms with E-state index >= 15 is 0 Å². The average molecular weight is 454 g/mol.